The summed E-state index contributed by atoms with van der Waals surface area (Å²) in [6, 6.07) is 21.5. The van der Waals surface area contributed by atoms with E-state index in [-0.39, 0.29) is 42.3 Å². The van der Waals surface area contributed by atoms with Crippen LogP contribution in [0.1, 0.15) is 30.0 Å². The third-order valence-electron chi connectivity index (χ3n) is 10.1. The fourth-order valence-electron chi connectivity index (χ4n) is 7.77. The van der Waals surface area contributed by atoms with Gasteiger partial charge in [0.2, 0.25) is 5.91 Å². The standard InChI is InChI=1S/C34H40N2O6Si/c1-21-32(43(4,5)27-13-10-25(40-2)11-14-27)30(42-34(21)28-17-26(41-3)12-15-29(28)35-33(34)39)18-31(38)36-19-23-9-7-6-8-22(23)16-24(36)20-37/h6-15,17,21,24,30,32,37H,16,18-20H2,1-5H3,(H,35,39)/t21-,24-,30+,32-,34+/m0/s1. The lowest BCUT2D eigenvalue weighted by atomic mass is 9.82. The minimum Gasteiger partial charge on any atom is -0.497 e. The molecule has 8 nitrogen and oxygen atoms in total. The Morgan fingerprint density at radius 2 is 1.72 bits per heavy atom. The highest BCUT2D eigenvalue weighted by molar-refractivity contribution is 6.91. The van der Waals surface area contributed by atoms with Gasteiger partial charge in [-0.1, -0.05) is 61.6 Å². The van der Waals surface area contributed by atoms with Gasteiger partial charge in [-0.3, -0.25) is 9.59 Å². The quantitative estimate of drug-likeness (QED) is 0.395. The van der Waals surface area contributed by atoms with Gasteiger partial charge in [0.15, 0.2) is 5.60 Å². The number of anilines is 1. The highest BCUT2D eigenvalue weighted by Crippen LogP contribution is 2.59. The van der Waals surface area contributed by atoms with Crippen molar-refractivity contribution in [3.05, 3.63) is 83.4 Å². The van der Waals surface area contributed by atoms with Gasteiger partial charge in [0.1, 0.15) is 11.5 Å². The number of nitrogens with zero attached hydrogens (tertiary/aromatic N) is 1. The third-order valence-corrected chi connectivity index (χ3v) is 14.4. The summed E-state index contributed by atoms with van der Waals surface area (Å²) in [5.41, 5.74) is 2.40. The Bertz CT molecular complexity index is 1540. The minimum atomic E-state index is -2.39. The topological polar surface area (TPSA) is 97.3 Å². The van der Waals surface area contributed by atoms with Crippen LogP contribution in [0.4, 0.5) is 5.69 Å². The number of amides is 2. The van der Waals surface area contributed by atoms with Crippen LogP contribution in [-0.2, 0) is 32.9 Å². The summed E-state index contributed by atoms with van der Waals surface area (Å²) in [6.45, 7) is 7.01. The van der Waals surface area contributed by atoms with Crippen LogP contribution in [0.25, 0.3) is 0 Å². The number of hydrogen-bond donors (Lipinski definition) is 2. The van der Waals surface area contributed by atoms with Gasteiger partial charge in [-0.05, 0) is 53.4 Å². The Labute approximate surface area is 254 Å². The summed E-state index contributed by atoms with van der Waals surface area (Å²) in [4.78, 5) is 29.9. The number of ether oxygens (including phenoxy) is 3. The van der Waals surface area contributed by atoms with Gasteiger partial charge in [0.05, 0.1) is 47.5 Å². The van der Waals surface area contributed by atoms with Crippen LogP contribution in [0.3, 0.4) is 0 Å². The Hall–Kier alpha value is -3.66. The summed E-state index contributed by atoms with van der Waals surface area (Å²) >= 11 is 0. The van der Waals surface area contributed by atoms with Gasteiger partial charge < -0.3 is 29.5 Å². The van der Waals surface area contributed by atoms with Gasteiger partial charge in [-0.15, -0.1) is 0 Å². The zero-order valence-corrected chi connectivity index (χ0v) is 26.4. The van der Waals surface area contributed by atoms with Crippen molar-refractivity contribution >= 4 is 30.8 Å². The normalized spacial score (nSPS) is 26.2. The Balaban J connectivity index is 1.40. The van der Waals surface area contributed by atoms with E-state index in [4.69, 9.17) is 14.2 Å². The molecule has 0 aromatic heterocycles. The number of rotatable bonds is 7. The third kappa shape index (κ3) is 4.74. The number of methoxy groups -OCH3 is 2. The van der Waals surface area contributed by atoms with Crippen molar-refractivity contribution in [2.75, 3.05) is 26.1 Å². The molecule has 3 aromatic rings. The van der Waals surface area contributed by atoms with Gasteiger partial charge in [-0.2, -0.15) is 0 Å². The van der Waals surface area contributed by atoms with E-state index in [2.05, 4.69) is 43.5 Å². The lowest BCUT2D eigenvalue weighted by Crippen LogP contribution is -2.52. The summed E-state index contributed by atoms with van der Waals surface area (Å²) in [7, 11) is 0.873. The number of aliphatic hydroxyl groups is 1. The van der Waals surface area contributed by atoms with E-state index in [9.17, 15) is 14.7 Å². The van der Waals surface area contributed by atoms with Crippen molar-refractivity contribution in [3.8, 4) is 11.5 Å². The van der Waals surface area contributed by atoms with Crippen LogP contribution in [0.2, 0.25) is 18.6 Å². The predicted molar refractivity (Wildman–Crippen MR) is 167 cm³/mol. The molecule has 6 rings (SSSR count). The monoisotopic (exact) mass is 600 g/mol. The van der Waals surface area contributed by atoms with Gasteiger partial charge in [0, 0.05) is 23.7 Å². The maximum absolute atomic E-state index is 14.2. The molecule has 1 saturated heterocycles. The fraction of sp³-hybridized carbons (Fsp3) is 0.412. The number of aliphatic hydroxyl groups excluding tert-OH is 1. The number of fused-ring (bicyclic) bond motifs is 3. The first-order valence-electron chi connectivity index (χ1n) is 14.9. The molecule has 43 heavy (non-hydrogen) atoms. The average Bonchev–Trinajstić information content (AvgIpc) is 3.48. The minimum absolute atomic E-state index is 0.0719. The van der Waals surface area contributed by atoms with Crippen molar-refractivity contribution < 1.29 is 28.9 Å². The zero-order valence-electron chi connectivity index (χ0n) is 25.4. The number of carbonyl (C=O) groups is 2. The first-order chi connectivity index (χ1) is 20.6. The maximum Gasteiger partial charge on any atom is 0.261 e. The van der Waals surface area contributed by atoms with E-state index in [1.54, 1.807) is 19.1 Å². The lowest BCUT2D eigenvalue weighted by molar-refractivity contribution is -0.149. The Kier molecular flexibility index (Phi) is 7.60. The molecule has 0 radical (unpaired) electrons. The van der Waals surface area contributed by atoms with Crippen LogP contribution in [0.15, 0.2) is 66.7 Å². The van der Waals surface area contributed by atoms with Crippen molar-refractivity contribution in [2.24, 2.45) is 5.92 Å². The highest BCUT2D eigenvalue weighted by atomic mass is 28.3. The molecule has 226 valence electrons. The zero-order chi connectivity index (χ0) is 30.5. The molecule has 9 heteroatoms. The van der Waals surface area contributed by atoms with Crippen LogP contribution < -0.4 is 20.0 Å². The van der Waals surface area contributed by atoms with Gasteiger partial charge in [0.25, 0.3) is 5.91 Å². The Morgan fingerprint density at radius 3 is 2.40 bits per heavy atom. The van der Waals surface area contributed by atoms with E-state index >= 15 is 0 Å². The molecule has 2 amide bonds. The number of benzene rings is 3. The molecule has 1 fully saturated rings. The highest BCUT2D eigenvalue weighted by Gasteiger charge is 2.65. The lowest BCUT2D eigenvalue weighted by Gasteiger charge is -2.39. The average molecular weight is 601 g/mol. The van der Waals surface area contributed by atoms with Crippen molar-refractivity contribution in [1.82, 2.24) is 4.90 Å². The van der Waals surface area contributed by atoms with E-state index < -0.39 is 19.8 Å². The maximum atomic E-state index is 14.2. The van der Waals surface area contributed by atoms with Crippen LogP contribution in [0, 0.1) is 5.92 Å². The largest absolute Gasteiger partial charge is 0.497 e. The first kappa shape index (κ1) is 29.4. The molecule has 0 aliphatic carbocycles. The molecule has 3 heterocycles. The van der Waals surface area contributed by atoms with Crippen molar-refractivity contribution in [1.29, 1.82) is 0 Å². The van der Waals surface area contributed by atoms with E-state index in [0.29, 0.717) is 24.4 Å². The van der Waals surface area contributed by atoms with E-state index in [1.165, 1.54) is 5.19 Å². The van der Waals surface area contributed by atoms with Gasteiger partial charge in [-0.25, -0.2) is 0 Å². The summed E-state index contributed by atoms with van der Waals surface area (Å²) in [5.74, 6) is 0.924. The van der Waals surface area contributed by atoms with Crippen LogP contribution >= 0.6 is 0 Å². The molecule has 2 N–H and O–H groups in total. The first-order valence-corrected chi connectivity index (χ1v) is 18.0. The van der Waals surface area contributed by atoms with Crippen LogP contribution in [0.5, 0.6) is 11.5 Å². The SMILES string of the molecule is COc1ccc([Si](C)(C)[C@@H]2[C@@H](CC(=O)N3Cc4ccccc4C[C@H]3CO)O[C@]3(C(=O)Nc4ccc(OC)cc43)[C@H]2C)cc1. The molecule has 0 saturated carbocycles. The smallest absolute Gasteiger partial charge is 0.261 e. The molecule has 3 aliphatic rings. The second-order valence-corrected chi connectivity index (χ2v) is 17.2. The predicted octanol–water partition coefficient (Wildman–Crippen LogP) is 4.21. The number of hydrogen-bond acceptors (Lipinski definition) is 6. The number of nitrogens with one attached hydrogen (secondary N) is 1. The number of carbonyl (C=O) groups excluding carboxylic acids is 2. The Morgan fingerprint density at radius 1 is 1.05 bits per heavy atom. The summed E-state index contributed by atoms with van der Waals surface area (Å²) in [5, 5.41) is 14.5. The molecule has 0 bridgehead atoms. The van der Waals surface area contributed by atoms with E-state index in [0.717, 1.165) is 22.4 Å². The molecule has 0 unspecified atom stereocenters. The summed E-state index contributed by atoms with van der Waals surface area (Å²) < 4.78 is 17.9. The second kappa shape index (κ2) is 11.1. The fourth-order valence-corrected chi connectivity index (χ4v) is 11.8. The van der Waals surface area contributed by atoms with E-state index in [1.807, 2.05) is 48.5 Å². The molecule has 3 aromatic carbocycles. The van der Waals surface area contributed by atoms with Gasteiger partial charge >= 0.3 is 0 Å². The molecule has 1 spiro atoms. The summed E-state index contributed by atoms with van der Waals surface area (Å²) in [6.07, 6.45) is 0.218. The second-order valence-electron chi connectivity index (χ2n) is 12.6. The molecular formula is C34H40N2O6Si. The van der Waals surface area contributed by atoms with Crippen molar-refractivity contribution in [3.63, 3.8) is 0 Å². The molecule has 3 aliphatic heterocycles. The van der Waals surface area contributed by atoms with Crippen molar-refractivity contribution in [2.45, 2.75) is 62.7 Å². The molecular weight excluding hydrogens is 560 g/mol. The molecule has 5 atom stereocenters. The van der Waals surface area contributed by atoms with Crippen LogP contribution in [-0.4, -0.2) is 62.9 Å².